The van der Waals surface area contributed by atoms with Gasteiger partial charge < -0.3 is 10.1 Å². The number of nitrogens with one attached hydrogen (secondary N) is 1. The van der Waals surface area contributed by atoms with Crippen molar-refractivity contribution in [3.05, 3.63) is 35.2 Å². The largest absolute Gasteiger partial charge is 0.378 e. The Kier molecular flexibility index (Phi) is 3.87. The van der Waals surface area contributed by atoms with Crippen LogP contribution in [0.15, 0.2) is 29.6 Å². The fraction of sp³-hybridized carbons (Fsp3) is 0.500. The Labute approximate surface area is 118 Å². The molecule has 1 aromatic carbocycles. The molecule has 0 aliphatic carbocycles. The van der Waals surface area contributed by atoms with Gasteiger partial charge in [0.05, 0.1) is 12.7 Å². The molecule has 1 aromatic heterocycles. The van der Waals surface area contributed by atoms with Crippen molar-refractivity contribution in [2.45, 2.75) is 31.9 Å². The number of rotatable bonds is 4. The van der Waals surface area contributed by atoms with Crippen LogP contribution in [0.3, 0.4) is 0 Å². The monoisotopic (exact) mass is 275 g/mol. The number of ether oxygens (including phenoxy) is 1. The maximum absolute atomic E-state index is 5.72. The molecule has 0 spiro atoms. The Morgan fingerprint density at radius 1 is 1.42 bits per heavy atom. The zero-order valence-electron chi connectivity index (χ0n) is 11.6. The first-order valence-electron chi connectivity index (χ1n) is 7.02. The third kappa shape index (κ3) is 2.69. The van der Waals surface area contributed by atoms with Crippen molar-refractivity contribution in [3.8, 4) is 0 Å². The molecule has 1 aliphatic heterocycles. The van der Waals surface area contributed by atoms with Gasteiger partial charge in [-0.1, -0.05) is 18.2 Å². The SMILES string of the molecule is CNC(Cc1csc2ccccc12)C1COC(C)C1. The number of hydrogen-bond acceptors (Lipinski definition) is 3. The van der Waals surface area contributed by atoms with E-state index >= 15 is 0 Å². The van der Waals surface area contributed by atoms with Gasteiger partial charge in [-0.05, 0) is 49.2 Å². The van der Waals surface area contributed by atoms with E-state index in [0.29, 0.717) is 18.1 Å². The van der Waals surface area contributed by atoms with Crippen LogP contribution in [0.4, 0.5) is 0 Å². The van der Waals surface area contributed by atoms with Crippen LogP contribution in [0.2, 0.25) is 0 Å². The predicted molar refractivity (Wildman–Crippen MR) is 81.9 cm³/mol. The smallest absolute Gasteiger partial charge is 0.0551 e. The molecular formula is C16H21NOS. The van der Waals surface area contributed by atoms with E-state index in [1.165, 1.54) is 22.1 Å². The van der Waals surface area contributed by atoms with E-state index in [2.05, 4.69) is 48.9 Å². The van der Waals surface area contributed by atoms with Crippen LogP contribution in [-0.4, -0.2) is 25.8 Å². The molecule has 2 heterocycles. The van der Waals surface area contributed by atoms with Gasteiger partial charge in [-0.15, -0.1) is 11.3 Å². The summed E-state index contributed by atoms with van der Waals surface area (Å²) in [6.07, 6.45) is 2.69. The second kappa shape index (κ2) is 5.61. The molecule has 0 saturated carbocycles. The number of fused-ring (bicyclic) bond motifs is 1. The van der Waals surface area contributed by atoms with Crippen molar-refractivity contribution in [3.63, 3.8) is 0 Å². The summed E-state index contributed by atoms with van der Waals surface area (Å²) < 4.78 is 7.11. The van der Waals surface area contributed by atoms with Crippen LogP contribution in [0.25, 0.3) is 10.1 Å². The average molecular weight is 275 g/mol. The Bertz CT molecular complexity index is 550. The lowest BCUT2D eigenvalue weighted by molar-refractivity contribution is 0.117. The molecule has 1 aliphatic rings. The van der Waals surface area contributed by atoms with Gasteiger partial charge in [0.25, 0.3) is 0 Å². The van der Waals surface area contributed by atoms with Crippen LogP contribution >= 0.6 is 11.3 Å². The lowest BCUT2D eigenvalue weighted by atomic mass is 9.91. The molecule has 0 radical (unpaired) electrons. The van der Waals surface area contributed by atoms with Crippen molar-refractivity contribution < 1.29 is 4.74 Å². The Balaban J connectivity index is 1.79. The Morgan fingerprint density at radius 2 is 2.26 bits per heavy atom. The molecule has 2 nitrogen and oxygen atoms in total. The molecule has 19 heavy (non-hydrogen) atoms. The number of benzene rings is 1. The molecule has 3 rings (SSSR count). The number of likely N-dealkylation sites (N-methyl/N-ethyl adjacent to an activating group) is 1. The standard InChI is InChI=1S/C16H21NOS/c1-11-7-12(9-18-11)15(17-2)8-13-10-19-16-6-4-3-5-14(13)16/h3-6,10-12,15,17H,7-9H2,1-2H3. The highest BCUT2D eigenvalue weighted by atomic mass is 32.1. The van der Waals surface area contributed by atoms with Gasteiger partial charge >= 0.3 is 0 Å². The number of thiophene rings is 1. The van der Waals surface area contributed by atoms with Gasteiger partial charge in [0.1, 0.15) is 0 Å². The second-order valence-electron chi connectivity index (χ2n) is 5.50. The summed E-state index contributed by atoms with van der Waals surface area (Å²) >= 11 is 1.85. The molecule has 1 N–H and O–H groups in total. The van der Waals surface area contributed by atoms with Crippen LogP contribution in [0.5, 0.6) is 0 Å². The maximum Gasteiger partial charge on any atom is 0.0551 e. The van der Waals surface area contributed by atoms with Crippen LogP contribution < -0.4 is 5.32 Å². The minimum absolute atomic E-state index is 0.417. The second-order valence-corrected chi connectivity index (χ2v) is 6.41. The van der Waals surface area contributed by atoms with E-state index < -0.39 is 0 Å². The lowest BCUT2D eigenvalue weighted by Crippen LogP contribution is -2.36. The van der Waals surface area contributed by atoms with E-state index in [0.717, 1.165) is 13.0 Å². The first-order valence-corrected chi connectivity index (χ1v) is 7.90. The van der Waals surface area contributed by atoms with Crippen LogP contribution in [0, 0.1) is 5.92 Å². The Hall–Kier alpha value is -0.900. The van der Waals surface area contributed by atoms with Crippen LogP contribution in [-0.2, 0) is 11.2 Å². The molecule has 1 saturated heterocycles. The van der Waals surface area contributed by atoms with Gasteiger partial charge in [-0.3, -0.25) is 0 Å². The summed E-state index contributed by atoms with van der Waals surface area (Å²) in [5.41, 5.74) is 1.47. The molecule has 3 unspecified atom stereocenters. The van der Waals surface area contributed by atoms with Gasteiger partial charge in [0, 0.05) is 16.7 Å². The highest BCUT2D eigenvalue weighted by Crippen LogP contribution is 2.30. The summed E-state index contributed by atoms with van der Waals surface area (Å²) in [5, 5.41) is 7.22. The number of hydrogen-bond donors (Lipinski definition) is 1. The predicted octanol–water partition coefficient (Wildman–Crippen LogP) is 3.46. The quantitative estimate of drug-likeness (QED) is 0.922. The molecule has 3 heteroatoms. The van der Waals surface area contributed by atoms with Crippen molar-refractivity contribution in [2.24, 2.45) is 5.92 Å². The summed E-state index contributed by atoms with van der Waals surface area (Å²) in [6.45, 7) is 3.07. The summed E-state index contributed by atoms with van der Waals surface area (Å²) in [5.74, 6) is 0.638. The van der Waals surface area contributed by atoms with Gasteiger partial charge in [0.15, 0.2) is 0 Å². The van der Waals surface area contributed by atoms with Crippen molar-refractivity contribution in [2.75, 3.05) is 13.7 Å². The lowest BCUT2D eigenvalue weighted by Gasteiger charge is -2.21. The first-order chi connectivity index (χ1) is 9.28. The van der Waals surface area contributed by atoms with Crippen molar-refractivity contribution >= 4 is 21.4 Å². The topological polar surface area (TPSA) is 21.3 Å². The zero-order valence-corrected chi connectivity index (χ0v) is 12.4. The third-order valence-corrected chi connectivity index (χ3v) is 5.18. The molecule has 3 atom stereocenters. The van der Waals surface area contributed by atoms with Crippen molar-refractivity contribution in [1.82, 2.24) is 5.32 Å². The van der Waals surface area contributed by atoms with Crippen molar-refractivity contribution in [1.29, 1.82) is 0 Å². The van der Waals surface area contributed by atoms with E-state index in [1.54, 1.807) is 0 Å². The van der Waals surface area contributed by atoms with E-state index in [4.69, 9.17) is 4.74 Å². The van der Waals surface area contributed by atoms with Crippen LogP contribution in [0.1, 0.15) is 18.9 Å². The minimum Gasteiger partial charge on any atom is -0.378 e. The molecule has 2 aromatic rings. The van der Waals surface area contributed by atoms with Gasteiger partial charge in [0.2, 0.25) is 0 Å². The van der Waals surface area contributed by atoms with E-state index in [-0.39, 0.29) is 0 Å². The zero-order chi connectivity index (χ0) is 13.2. The highest BCUT2D eigenvalue weighted by Gasteiger charge is 2.29. The van der Waals surface area contributed by atoms with E-state index in [1.807, 2.05) is 11.3 Å². The minimum atomic E-state index is 0.417. The normalized spacial score (nSPS) is 24.9. The highest BCUT2D eigenvalue weighted by molar-refractivity contribution is 7.17. The Morgan fingerprint density at radius 3 is 3.00 bits per heavy atom. The summed E-state index contributed by atoms with van der Waals surface area (Å²) in [6, 6.07) is 9.21. The summed E-state index contributed by atoms with van der Waals surface area (Å²) in [4.78, 5) is 0. The molecule has 102 valence electrons. The average Bonchev–Trinajstić information content (AvgIpc) is 3.03. The van der Waals surface area contributed by atoms with Gasteiger partial charge in [-0.2, -0.15) is 0 Å². The summed E-state index contributed by atoms with van der Waals surface area (Å²) in [7, 11) is 2.07. The van der Waals surface area contributed by atoms with E-state index in [9.17, 15) is 0 Å². The molecular weight excluding hydrogens is 254 g/mol. The molecule has 0 bridgehead atoms. The molecule has 0 amide bonds. The first kappa shape index (κ1) is 13.1. The third-order valence-electron chi connectivity index (χ3n) is 4.17. The van der Waals surface area contributed by atoms with Gasteiger partial charge in [-0.25, -0.2) is 0 Å². The fourth-order valence-corrected chi connectivity index (χ4v) is 4.04. The fourth-order valence-electron chi connectivity index (χ4n) is 3.06. The molecule has 1 fully saturated rings. The maximum atomic E-state index is 5.72.